The van der Waals surface area contributed by atoms with Gasteiger partial charge in [-0.25, -0.2) is 0 Å². The molecule has 4 heteroatoms. The normalized spacial score (nSPS) is 10.9. The van der Waals surface area contributed by atoms with Crippen molar-refractivity contribution in [3.8, 4) is 5.75 Å². The summed E-state index contributed by atoms with van der Waals surface area (Å²) in [5, 5.41) is 8.83. The molecule has 26 heavy (non-hydrogen) atoms. The highest BCUT2D eigenvalue weighted by atomic mass is 32.2. The van der Waals surface area contributed by atoms with Crippen LogP contribution < -0.4 is 0 Å². The Kier molecular flexibility index (Phi) is 22.2. The van der Waals surface area contributed by atoms with Gasteiger partial charge in [0.15, 0.2) is 5.62 Å². The molecule has 0 radical (unpaired) electrons. The molecule has 0 aliphatic carbocycles. The first-order valence-corrected chi connectivity index (χ1v) is 9.94. The maximum Gasteiger partial charge on any atom is 0.180 e. The predicted molar refractivity (Wildman–Crippen MR) is 116 cm³/mol. The topological polar surface area (TPSA) is 54.4 Å². The van der Waals surface area contributed by atoms with E-state index in [-0.39, 0.29) is 11.5 Å². The van der Waals surface area contributed by atoms with Gasteiger partial charge in [0.05, 0.1) is 0 Å². The van der Waals surface area contributed by atoms with Gasteiger partial charge in [0, 0.05) is 4.90 Å². The molecule has 1 aromatic rings. The van der Waals surface area contributed by atoms with Crippen LogP contribution >= 0.6 is 11.8 Å². The first-order chi connectivity index (χ1) is 12.1. The van der Waals surface area contributed by atoms with Crippen LogP contribution in [0.25, 0.3) is 0 Å². The van der Waals surface area contributed by atoms with Gasteiger partial charge in [0.25, 0.3) is 0 Å². The highest BCUT2D eigenvalue weighted by molar-refractivity contribution is 8.11. The lowest BCUT2D eigenvalue weighted by Gasteiger charge is -2.15. The number of rotatable bonds is 4. The fourth-order valence-corrected chi connectivity index (χ4v) is 1.77. The van der Waals surface area contributed by atoms with Crippen molar-refractivity contribution in [3.05, 3.63) is 35.9 Å². The van der Waals surface area contributed by atoms with E-state index in [0.717, 1.165) is 34.1 Å². The summed E-state index contributed by atoms with van der Waals surface area (Å²) in [6.45, 7) is 18.4. The van der Waals surface area contributed by atoms with Crippen molar-refractivity contribution in [1.29, 1.82) is 0 Å². The monoisotopic (exact) mass is 382 g/mol. The molecule has 0 saturated carbocycles. The lowest BCUT2D eigenvalue weighted by molar-refractivity contribution is -0.114. The van der Waals surface area contributed by atoms with E-state index in [4.69, 9.17) is 5.11 Å². The molecule has 150 valence electrons. The first kappa shape index (κ1) is 29.2. The number of allylic oxidation sites excluding steroid dienone is 2. The van der Waals surface area contributed by atoms with E-state index in [2.05, 4.69) is 54.5 Å². The molecule has 1 rings (SSSR count). The summed E-state index contributed by atoms with van der Waals surface area (Å²) in [7, 11) is 0. The SMILES string of the molecule is CC(C)=O.CC=C(C)C(C)C(C)C.CCC.O=CSc1ccc(O)cc1. The molecule has 1 N–H and O–H groups in total. The molecule has 0 aliphatic heterocycles. The molecule has 0 aliphatic rings. The Morgan fingerprint density at radius 2 is 1.46 bits per heavy atom. The summed E-state index contributed by atoms with van der Waals surface area (Å²) in [4.78, 5) is 20.2. The third-order valence-corrected chi connectivity index (χ3v) is 3.84. The molecule has 0 bridgehead atoms. The number of ketones is 1. The van der Waals surface area contributed by atoms with Gasteiger partial charge in [-0.3, -0.25) is 4.79 Å². The van der Waals surface area contributed by atoms with Gasteiger partial charge in [-0.05, 0) is 63.8 Å². The van der Waals surface area contributed by atoms with Crippen molar-refractivity contribution in [2.75, 3.05) is 0 Å². The molecular weight excluding hydrogens is 344 g/mol. The van der Waals surface area contributed by atoms with E-state index in [0.29, 0.717) is 0 Å². The van der Waals surface area contributed by atoms with Gasteiger partial charge in [0.2, 0.25) is 0 Å². The van der Waals surface area contributed by atoms with Crippen LogP contribution in [0.15, 0.2) is 40.8 Å². The van der Waals surface area contributed by atoms with Crippen LogP contribution in [0.4, 0.5) is 0 Å². The number of thioether (sulfide) groups is 1. The maximum absolute atomic E-state index is 9.96. The lowest BCUT2D eigenvalue weighted by Crippen LogP contribution is -2.04. The average Bonchev–Trinajstić information content (AvgIpc) is 2.56. The fraction of sp³-hybridized carbons (Fsp3) is 0.545. The van der Waals surface area contributed by atoms with Crippen molar-refractivity contribution >= 4 is 23.2 Å². The number of Topliss-reactive ketones (excluding diaryl/α,β-unsaturated/α-hetero) is 1. The van der Waals surface area contributed by atoms with Crippen molar-refractivity contribution in [2.45, 2.75) is 73.6 Å². The zero-order valence-electron chi connectivity index (χ0n) is 18.0. The van der Waals surface area contributed by atoms with E-state index in [1.54, 1.807) is 24.3 Å². The molecular formula is C22H38O3S. The summed E-state index contributed by atoms with van der Waals surface area (Å²) in [5.74, 6) is 1.91. The van der Waals surface area contributed by atoms with Gasteiger partial charge in [-0.2, -0.15) is 0 Å². The molecule has 3 nitrogen and oxygen atoms in total. The van der Waals surface area contributed by atoms with Gasteiger partial charge >= 0.3 is 0 Å². The molecule has 0 heterocycles. The summed E-state index contributed by atoms with van der Waals surface area (Å²) in [5.41, 5.74) is 2.26. The third-order valence-electron chi connectivity index (χ3n) is 3.19. The number of carbonyl (C=O) groups is 2. The zero-order chi connectivity index (χ0) is 21.1. The van der Waals surface area contributed by atoms with Crippen LogP contribution in [-0.4, -0.2) is 16.5 Å². The second kappa shape index (κ2) is 19.8. The van der Waals surface area contributed by atoms with Crippen molar-refractivity contribution in [1.82, 2.24) is 0 Å². The van der Waals surface area contributed by atoms with Crippen LogP contribution in [0.2, 0.25) is 0 Å². The Balaban J connectivity index is -0.000000303. The molecule has 1 atom stereocenters. The second-order valence-electron chi connectivity index (χ2n) is 6.39. The zero-order valence-corrected chi connectivity index (χ0v) is 18.8. The molecule has 1 unspecified atom stereocenters. The van der Waals surface area contributed by atoms with Crippen LogP contribution in [0, 0.1) is 11.8 Å². The quantitative estimate of drug-likeness (QED) is 0.348. The van der Waals surface area contributed by atoms with Crippen molar-refractivity contribution in [3.63, 3.8) is 0 Å². The van der Waals surface area contributed by atoms with Crippen LogP contribution in [0.5, 0.6) is 5.75 Å². The van der Waals surface area contributed by atoms with Crippen molar-refractivity contribution in [2.24, 2.45) is 11.8 Å². The van der Waals surface area contributed by atoms with Gasteiger partial charge in [-0.15, -0.1) is 0 Å². The third kappa shape index (κ3) is 22.4. The van der Waals surface area contributed by atoms with Crippen LogP contribution in [-0.2, 0) is 9.59 Å². The minimum absolute atomic E-state index is 0.167. The molecule has 0 saturated heterocycles. The van der Waals surface area contributed by atoms with Gasteiger partial charge in [0.1, 0.15) is 11.5 Å². The molecule has 0 amide bonds. The van der Waals surface area contributed by atoms with E-state index >= 15 is 0 Å². The lowest BCUT2D eigenvalue weighted by atomic mass is 9.91. The molecule has 0 fully saturated rings. The standard InChI is InChI=1S/C9H18.C7H6O2S.C3H6O.C3H8/c1-6-8(4)9(5)7(2)3;8-5-10-7-3-1-6(9)2-4-7;1-3(2)4;1-3-2/h6-7,9H,1-5H3;1-5,9H;1-2H3;3H2,1-2H3. The summed E-state index contributed by atoms with van der Waals surface area (Å²) in [6, 6.07) is 6.47. The second-order valence-corrected chi connectivity index (χ2v) is 7.29. The van der Waals surface area contributed by atoms with Crippen LogP contribution in [0.1, 0.15) is 68.7 Å². The number of phenols is 1. The molecule has 0 aromatic heterocycles. The number of carbonyl (C=O) groups excluding carboxylic acids is 2. The highest BCUT2D eigenvalue weighted by Gasteiger charge is 2.06. The number of benzene rings is 1. The first-order valence-electron chi connectivity index (χ1n) is 9.06. The summed E-state index contributed by atoms with van der Waals surface area (Å²) < 4.78 is 0. The Morgan fingerprint density at radius 1 is 1.08 bits per heavy atom. The Hall–Kier alpha value is -1.55. The van der Waals surface area contributed by atoms with E-state index < -0.39 is 0 Å². The average molecular weight is 383 g/mol. The summed E-state index contributed by atoms with van der Waals surface area (Å²) in [6.07, 6.45) is 3.45. The fourth-order valence-electron chi connectivity index (χ4n) is 1.37. The Labute approximate surface area is 165 Å². The van der Waals surface area contributed by atoms with Gasteiger partial charge in [-0.1, -0.05) is 64.5 Å². The maximum atomic E-state index is 9.96. The number of phenolic OH excluding ortho intramolecular Hbond substituents is 1. The van der Waals surface area contributed by atoms with Gasteiger partial charge < -0.3 is 9.90 Å². The predicted octanol–water partition coefficient (Wildman–Crippen LogP) is 6.93. The Morgan fingerprint density at radius 3 is 1.69 bits per heavy atom. The summed E-state index contributed by atoms with van der Waals surface area (Å²) >= 11 is 1.09. The van der Waals surface area contributed by atoms with Crippen molar-refractivity contribution < 1.29 is 14.7 Å². The highest BCUT2D eigenvalue weighted by Crippen LogP contribution is 2.18. The number of hydrogen-bond acceptors (Lipinski definition) is 4. The largest absolute Gasteiger partial charge is 0.508 e. The molecule has 0 spiro atoms. The van der Waals surface area contributed by atoms with E-state index in [1.807, 2.05) is 0 Å². The molecule has 1 aromatic carbocycles. The van der Waals surface area contributed by atoms with E-state index in [9.17, 15) is 9.59 Å². The van der Waals surface area contributed by atoms with Crippen LogP contribution in [0.3, 0.4) is 0 Å². The smallest absolute Gasteiger partial charge is 0.180 e. The minimum Gasteiger partial charge on any atom is -0.508 e. The van der Waals surface area contributed by atoms with E-state index in [1.165, 1.54) is 25.8 Å². The number of aromatic hydroxyl groups is 1. The number of hydrogen-bond donors (Lipinski definition) is 1. The minimum atomic E-state index is 0.167. The Bertz CT molecular complexity index is 487.